The average molecular weight is 451 g/mol. The summed E-state index contributed by atoms with van der Waals surface area (Å²) >= 11 is 3.38. The second-order valence-corrected chi connectivity index (χ2v) is 7.62. The van der Waals surface area contributed by atoms with Crippen LogP contribution in [-0.2, 0) is 16.1 Å². The molecule has 0 spiro atoms. The van der Waals surface area contributed by atoms with E-state index >= 15 is 0 Å². The smallest absolute Gasteiger partial charge is 0.261 e. The molecule has 1 N–H and O–H groups in total. The van der Waals surface area contributed by atoms with Crippen LogP contribution in [0.3, 0.4) is 0 Å². The molecule has 1 unspecified atom stereocenters. The Morgan fingerprint density at radius 2 is 1.75 bits per heavy atom. The van der Waals surface area contributed by atoms with E-state index in [4.69, 9.17) is 4.74 Å². The highest BCUT2D eigenvalue weighted by Gasteiger charge is 2.27. The third-order valence-corrected chi connectivity index (χ3v) is 4.58. The van der Waals surface area contributed by atoms with Crippen molar-refractivity contribution >= 4 is 27.7 Å². The first-order valence-electron chi connectivity index (χ1n) is 8.99. The van der Waals surface area contributed by atoms with Gasteiger partial charge >= 0.3 is 0 Å². The summed E-state index contributed by atoms with van der Waals surface area (Å²) in [5.41, 5.74) is 0.867. The lowest BCUT2D eigenvalue weighted by molar-refractivity contribution is -0.142. The maximum Gasteiger partial charge on any atom is 0.261 e. The normalized spacial score (nSPS) is 11.8. The Labute approximate surface area is 173 Å². The lowest BCUT2D eigenvalue weighted by Crippen LogP contribution is -2.50. The van der Waals surface area contributed by atoms with E-state index in [1.807, 2.05) is 38.1 Å². The molecule has 0 heterocycles. The second kappa shape index (κ2) is 10.2. The molecule has 0 bridgehead atoms. The number of rotatable bonds is 8. The molecule has 0 aliphatic carbocycles. The number of nitrogens with zero attached hydrogens (tertiary/aromatic N) is 1. The third-order valence-electron chi connectivity index (χ3n) is 4.05. The number of nitrogens with one attached hydrogen (secondary N) is 1. The van der Waals surface area contributed by atoms with E-state index in [1.54, 1.807) is 19.1 Å². The topological polar surface area (TPSA) is 58.6 Å². The van der Waals surface area contributed by atoms with Crippen LogP contribution in [-0.4, -0.2) is 35.4 Å². The summed E-state index contributed by atoms with van der Waals surface area (Å²) in [5, 5.41) is 2.81. The van der Waals surface area contributed by atoms with Crippen LogP contribution in [0, 0.1) is 5.82 Å². The van der Waals surface area contributed by atoms with Gasteiger partial charge in [0.25, 0.3) is 5.91 Å². The van der Waals surface area contributed by atoms with Gasteiger partial charge in [0.1, 0.15) is 6.04 Å². The molecular weight excluding hydrogens is 427 g/mol. The second-order valence-electron chi connectivity index (χ2n) is 6.71. The molecule has 2 aromatic carbocycles. The van der Waals surface area contributed by atoms with E-state index in [2.05, 4.69) is 21.2 Å². The molecular formula is C21H24BrFN2O3. The Morgan fingerprint density at radius 1 is 1.11 bits per heavy atom. The van der Waals surface area contributed by atoms with Gasteiger partial charge in [0.05, 0.1) is 0 Å². The van der Waals surface area contributed by atoms with Gasteiger partial charge in [0.2, 0.25) is 5.91 Å². The first-order chi connectivity index (χ1) is 13.3. The predicted molar refractivity (Wildman–Crippen MR) is 109 cm³/mol. The van der Waals surface area contributed by atoms with Crippen molar-refractivity contribution in [3.63, 3.8) is 0 Å². The Balaban J connectivity index is 2.15. The van der Waals surface area contributed by atoms with E-state index in [0.29, 0.717) is 0 Å². The number of para-hydroxylation sites is 1. The molecule has 0 aliphatic heterocycles. The van der Waals surface area contributed by atoms with Gasteiger partial charge in [0, 0.05) is 17.1 Å². The fourth-order valence-electron chi connectivity index (χ4n) is 2.56. The van der Waals surface area contributed by atoms with Crippen LogP contribution in [0.25, 0.3) is 0 Å². The molecule has 2 rings (SSSR count). The summed E-state index contributed by atoms with van der Waals surface area (Å²) in [4.78, 5) is 26.7. The maximum atomic E-state index is 13.7. The van der Waals surface area contributed by atoms with Crippen molar-refractivity contribution in [2.45, 2.75) is 39.4 Å². The minimum absolute atomic E-state index is 0.00118. The van der Waals surface area contributed by atoms with Crippen LogP contribution < -0.4 is 10.1 Å². The minimum atomic E-state index is -0.706. The molecule has 0 radical (unpaired) electrons. The molecule has 150 valence electrons. The summed E-state index contributed by atoms with van der Waals surface area (Å²) in [6, 6.07) is 12.6. The quantitative estimate of drug-likeness (QED) is 0.662. The first kappa shape index (κ1) is 21.9. The van der Waals surface area contributed by atoms with Crippen molar-refractivity contribution in [2.24, 2.45) is 0 Å². The van der Waals surface area contributed by atoms with Crippen LogP contribution in [0.2, 0.25) is 0 Å². The maximum absolute atomic E-state index is 13.7. The van der Waals surface area contributed by atoms with Crippen molar-refractivity contribution in [2.75, 3.05) is 6.61 Å². The zero-order chi connectivity index (χ0) is 20.7. The van der Waals surface area contributed by atoms with Gasteiger partial charge in [-0.3, -0.25) is 9.59 Å². The van der Waals surface area contributed by atoms with Crippen molar-refractivity contribution in [3.05, 3.63) is 64.4 Å². The van der Waals surface area contributed by atoms with Crippen molar-refractivity contribution in [3.8, 4) is 5.75 Å². The molecule has 2 aromatic rings. The molecule has 0 saturated heterocycles. The Kier molecular flexibility index (Phi) is 7.99. The largest absolute Gasteiger partial charge is 0.481 e. The zero-order valence-electron chi connectivity index (χ0n) is 16.1. The van der Waals surface area contributed by atoms with Crippen molar-refractivity contribution in [1.82, 2.24) is 10.2 Å². The molecule has 28 heavy (non-hydrogen) atoms. The highest BCUT2D eigenvalue weighted by Crippen LogP contribution is 2.17. The Morgan fingerprint density at radius 3 is 2.36 bits per heavy atom. The van der Waals surface area contributed by atoms with Gasteiger partial charge in [-0.15, -0.1) is 0 Å². The SMILES string of the molecule is CC(C)NC(=O)C(C)N(Cc1ccc(Br)cc1)C(=O)COc1ccccc1F. The fourth-order valence-corrected chi connectivity index (χ4v) is 2.82. The van der Waals surface area contributed by atoms with E-state index < -0.39 is 17.8 Å². The van der Waals surface area contributed by atoms with Crippen LogP contribution >= 0.6 is 15.9 Å². The number of amides is 2. The van der Waals surface area contributed by atoms with Crippen molar-refractivity contribution < 1.29 is 18.7 Å². The van der Waals surface area contributed by atoms with Crippen LogP contribution in [0.15, 0.2) is 53.0 Å². The summed E-state index contributed by atoms with van der Waals surface area (Å²) in [7, 11) is 0. The minimum Gasteiger partial charge on any atom is -0.481 e. The highest BCUT2D eigenvalue weighted by molar-refractivity contribution is 9.10. The zero-order valence-corrected chi connectivity index (χ0v) is 17.7. The number of hydrogen-bond donors (Lipinski definition) is 1. The fraction of sp³-hybridized carbons (Fsp3) is 0.333. The number of hydrogen-bond acceptors (Lipinski definition) is 3. The Bertz CT molecular complexity index is 812. The van der Waals surface area contributed by atoms with Crippen LogP contribution in [0.4, 0.5) is 4.39 Å². The van der Waals surface area contributed by atoms with E-state index in [-0.39, 0.29) is 30.9 Å². The molecule has 0 aliphatic rings. The number of benzene rings is 2. The average Bonchev–Trinajstić information content (AvgIpc) is 2.65. The summed E-state index contributed by atoms with van der Waals surface area (Å²) in [5.74, 6) is -1.21. The molecule has 5 nitrogen and oxygen atoms in total. The molecule has 0 fully saturated rings. The molecule has 0 aromatic heterocycles. The summed E-state index contributed by atoms with van der Waals surface area (Å²) < 4.78 is 20.0. The van der Waals surface area contributed by atoms with Gasteiger partial charge < -0.3 is 15.0 Å². The number of halogens is 2. The Hall–Kier alpha value is -2.41. The van der Waals surface area contributed by atoms with Gasteiger partial charge in [-0.05, 0) is 50.6 Å². The number of carbonyl (C=O) groups is 2. The monoisotopic (exact) mass is 450 g/mol. The van der Waals surface area contributed by atoms with Gasteiger partial charge in [0.15, 0.2) is 18.2 Å². The molecule has 2 amide bonds. The summed E-state index contributed by atoms with van der Waals surface area (Å²) in [6.45, 7) is 5.24. The standard InChI is InChI=1S/C21H24BrFN2O3/c1-14(2)24-21(27)15(3)25(12-16-8-10-17(22)11-9-16)20(26)13-28-19-7-5-4-6-18(19)23/h4-11,14-15H,12-13H2,1-3H3,(H,24,27). The lowest BCUT2D eigenvalue weighted by Gasteiger charge is -2.29. The van der Waals surface area contributed by atoms with Gasteiger partial charge in [-0.2, -0.15) is 0 Å². The van der Waals surface area contributed by atoms with E-state index in [1.165, 1.54) is 17.0 Å². The lowest BCUT2D eigenvalue weighted by atomic mass is 10.1. The van der Waals surface area contributed by atoms with E-state index in [9.17, 15) is 14.0 Å². The molecule has 1 atom stereocenters. The van der Waals surface area contributed by atoms with Gasteiger partial charge in [-0.1, -0.05) is 40.2 Å². The first-order valence-corrected chi connectivity index (χ1v) is 9.79. The summed E-state index contributed by atoms with van der Waals surface area (Å²) in [6.07, 6.45) is 0. The van der Waals surface area contributed by atoms with Crippen molar-refractivity contribution in [1.29, 1.82) is 0 Å². The number of ether oxygens (including phenoxy) is 1. The van der Waals surface area contributed by atoms with E-state index in [0.717, 1.165) is 10.0 Å². The third kappa shape index (κ3) is 6.34. The van der Waals surface area contributed by atoms with Crippen LogP contribution in [0.5, 0.6) is 5.75 Å². The van der Waals surface area contributed by atoms with Crippen LogP contribution in [0.1, 0.15) is 26.3 Å². The number of carbonyl (C=O) groups excluding carboxylic acids is 2. The predicted octanol–water partition coefficient (Wildman–Crippen LogP) is 3.91. The molecule has 0 saturated carbocycles. The molecule has 7 heteroatoms. The van der Waals surface area contributed by atoms with Gasteiger partial charge in [-0.25, -0.2) is 4.39 Å². The highest BCUT2D eigenvalue weighted by atomic mass is 79.9.